The number of allylic oxidation sites excluding steroid dienone is 1. The van der Waals surface area contributed by atoms with Gasteiger partial charge in [-0.25, -0.2) is 9.59 Å². The van der Waals surface area contributed by atoms with Crippen LogP contribution in [0.2, 0.25) is 0 Å². The van der Waals surface area contributed by atoms with Crippen LogP contribution in [0.3, 0.4) is 0 Å². The lowest BCUT2D eigenvalue weighted by atomic mass is 9.79. The van der Waals surface area contributed by atoms with Crippen molar-refractivity contribution >= 4 is 23.8 Å². The van der Waals surface area contributed by atoms with Gasteiger partial charge in [0.15, 0.2) is 0 Å². The SMILES string of the molecule is CCOC(=O)C1=C(C)NC(CN2C(=O)c3ccccc3C2=O)=C(C(=O)OCC)C1c1cccc(C#N)c1. The van der Waals surface area contributed by atoms with Crippen molar-refractivity contribution in [1.82, 2.24) is 10.2 Å². The van der Waals surface area contributed by atoms with Crippen LogP contribution in [-0.2, 0) is 19.1 Å². The largest absolute Gasteiger partial charge is 0.463 e. The van der Waals surface area contributed by atoms with Gasteiger partial charge in [-0.3, -0.25) is 14.5 Å². The summed E-state index contributed by atoms with van der Waals surface area (Å²) in [5.74, 6) is -3.29. The summed E-state index contributed by atoms with van der Waals surface area (Å²) in [6.45, 7) is 4.90. The van der Waals surface area contributed by atoms with Crippen molar-refractivity contribution in [2.45, 2.75) is 26.7 Å². The lowest BCUT2D eigenvalue weighted by Crippen LogP contribution is -2.40. The smallest absolute Gasteiger partial charge is 0.336 e. The average molecular weight is 500 g/mol. The number of nitriles is 1. The third-order valence-electron chi connectivity index (χ3n) is 6.18. The number of imide groups is 1. The van der Waals surface area contributed by atoms with Crippen LogP contribution in [0, 0.1) is 11.3 Å². The lowest BCUT2D eigenvalue weighted by Gasteiger charge is -2.32. The van der Waals surface area contributed by atoms with Gasteiger partial charge in [0.25, 0.3) is 11.8 Å². The predicted molar refractivity (Wildman–Crippen MR) is 132 cm³/mol. The van der Waals surface area contributed by atoms with E-state index < -0.39 is 29.7 Å². The number of hydrogen-bond acceptors (Lipinski definition) is 8. The molecule has 2 aliphatic rings. The average Bonchev–Trinajstić information content (AvgIpc) is 3.13. The van der Waals surface area contributed by atoms with Crippen molar-refractivity contribution in [2.75, 3.05) is 19.8 Å². The maximum Gasteiger partial charge on any atom is 0.336 e. The molecule has 4 rings (SSSR count). The Balaban J connectivity index is 1.88. The highest BCUT2D eigenvalue weighted by Gasteiger charge is 2.42. The van der Waals surface area contributed by atoms with E-state index in [0.717, 1.165) is 4.90 Å². The molecular formula is C28H25N3O6. The van der Waals surface area contributed by atoms with Gasteiger partial charge in [-0.2, -0.15) is 5.26 Å². The number of nitrogens with one attached hydrogen (secondary N) is 1. The van der Waals surface area contributed by atoms with Gasteiger partial charge in [0.05, 0.1) is 59.6 Å². The van der Waals surface area contributed by atoms with Crippen LogP contribution in [0.1, 0.15) is 58.5 Å². The van der Waals surface area contributed by atoms with E-state index in [-0.39, 0.29) is 47.7 Å². The van der Waals surface area contributed by atoms with Gasteiger partial charge in [-0.15, -0.1) is 0 Å². The molecule has 0 saturated carbocycles. The van der Waals surface area contributed by atoms with E-state index in [1.807, 2.05) is 0 Å². The number of benzene rings is 2. The minimum atomic E-state index is -0.960. The summed E-state index contributed by atoms with van der Waals surface area (Å²) in [5, 5.41) is 12.5. The first-order chi connectivity index (χ1) is 17.8. The van der Waals surface area contributed by atoms with Crippen molar-refractivity contribution in [3.05, 3.63) is 93.3 Å². The minimum Gasteiger partial charge on any atom is -0.463 e. The number of ether oxygens (including phenoxy) is 2. The molecule has 188 valence electrons. The van der Waals surface area contributed by atoms with Crippen LogP contribution < -0.4 is 5.32 Å². The molecule has 2 aromatic rings. The van der Waals surface area contributed by atoms with E-state index in [1.165, 1.54) is 0 Å². The van der Waals surface area contributed by atoms with Gasteiger partial charge in [-0.1, -0.05) is 24.3 Å². The molecule has 0 bridgehead atoms. The third kappa shape index (κ3) is 4.61. The molecule has 37 heavy (non-hydrogen) atoms. The van der Waals surface area contributed by atoms with Crippen LogP contribution in [-0.4, -0.2) is 48.4 Å². The van der Waals surface area contributed by atoms with Gasteiger partial charge in [-0.05, 0) is 50.6 Å². The fourth-order valence-electron chi connectivity index (χ4n) is 4.61. The number of nitrogens with zero attached hydrogens (tertiary/aromatic N) is 2. The third-order valence-corrected chi connectivity index (χ3v) is 6.18. The van der Waals surface area contributed by atoms with E-state index in [4.69, 9.17) is 9.47 Å². The predicted octanol–water partition coefficient (Wildman–Crippen LogP) is 3.20. The highest BCUT2D eigenvalue weighted by atomic mass is 16.5. The van der Waals surface area contributed by atoms with E-state index in [1.54, 1.807) is 69.3 Å². The molecule has 1 N–H and O–H groups in total. The van der Waals surface area contributed by atoms with Crippen LogP contribution in [0.5, 0.6) is 0 Å². The van der Waals surface area contributed by atoms with Crippen molar-refractivity contribution < 1.29 is 28.7 Å². The first-order valence-electron chi connectivity index (χ1n) is 11.8. The zero-order valence-corrected chi connectivity index (χ0v) is 20.7. The second-order valence-corrected chi connectivity index (χ2v) is 8.41. The van der Waals surface area contributed by atoms with Crippen molar-refractivity contribution in [2.24, 2.45) is 0 Å². The van der Waals surface area contributed by atoms with E-state index in [2.05, 4.69) is 11.4 Å². The maximum atomic E-state index is 13.4. The second kappa shape index (κ2) is 10.5. The topological polar surface area (TPSA) is 126 Å². The second-order valence-electron chi connectivity index (χ2n) is 8.41. The summed E-state index contributed by atoms with van der Waals surface area (Å²) in [6.07, 6.45) is 0. The van der Waals surface area contributed by atoms with Gasteiger partial charge in [0.2, 0.25) is 0 Å². The molecule has 0 aromatic heterocycles. The maximum absolute atomic E-state index is 13.4. The molecule has 0 spiro atoms. The fourth-order valence-corrected chi connectivity index (χ4v) is 4.61. The number of rotatable bonds is 7. The van der Waals surface area contributed by atoms with E-state index in [9.17, 15) is 24.4 Å². The first kappa shape index (κ1) is 25.4. The number of carbonyl (C=O) groups excluding carboxylic acids is 4. The number of amides is 2. The van der Waals surface area contributed by atoms with Crippen LogP contribution in [0.15, 0.2) is 71.1 Å². The Bertz CT molecular complexity index is 1380. The zero-order valence-electron chi connectivity index (χ0n) is 20.7. The molecule has 0 aliphatic carbocycles. The normalized spacial score (nSPS) is 16.8. The number of hydrogen-bond donors (Lipinski definition) is 1. The summed E-state index contributed by atoms with van der Waals surface area (Å²) in [6, 6.07) is 15.1. The quantitative estimate of drug-likeness (QED) is 0.455. The first-order valence-corrected chi connectivity index (χ1v) is 11.8. The Morgan fingerprint density at radius 1 is 0.946 bits per heavy atom. The highest BCUT2D eigenvalue weighted by molar-refractivity contribution is 6.21. The Kier molecular flexibility index (Phi) is 7.20. The molecule has 0 saturated heterocycles. The molecule has 1 unspecified atom stereocenters. The number of fused-ring (bicyclic) bond motifs is 1. The Morgan fingerprint density at radius 2 is 1.54 bits per heavy atom. The highest BCUT2D eigenvalue weighted by Crippen LogP contribution is 2.40. The minimum absolute atomic E-state index is 0.0575. The van der Waals surface area contributed by atoms with Crippen molar-refractivity contribution in [1.29, 1.82) is 5.26 Å². The summed E-state index contributed by atoms with van der Waals surface area (Å²) in [4.78, 5) is 53.7. The standard InChI is InChI=1S/C28H25N3O6/c1-4-36-27(34)22-16(3)30-21(15-31-25(32)19-11-6-7-12-20(19)26(31)33)24(28(35)37-5-2)23(22)18-10-8-9-17(13-18)14-29/h6-13,23,30H,4-5,15H2,1-3H3. The molecule has 1 atom stereocenters. The molecular weight excluding hydrogens is 474 g/mol. The molecule has 2 heterocycles. The molecule has 9 heteroatoms. The molecule has 9 nitrogen and oxygen atoms in total. The molecule has 0 fully saturated rings. The molecule has 2 aliphatic heterocycles. The number of carbonyl (C=O) groups is 4. The van der Waals surface area contributed by atoms with Crippen LogP contribution >= 0.6 is 0 Å². The van der Waals surface area contributed by atoms with Gasteiger partial charge < -0.3 is 14.8 Å². The zero-order chi connectivity index (χ0) is 26.7. The van der Waals surface area contributed by atoms with E-state index in [0.29, 0.717) is 16.8 Å². The molecule has 2 amide bonds. The van der Waals surface area contributed by atoms with Gasteiger partial charge >= 0.3 is 11.9 Å². The van der Waals surface area contributed by atoms with Crippen molar-refractivity contribution in [3.8, 4) is 6.07 Å². The number of dihydropyridines is 1. The summed E-state index contributed by atoms with van der Waals surface area (Å²) < 4.78 is 10.7. The molecule has 2 aromatic carbocycles. The Hall–Kier alpha value is -4.71. The Morgan fingerprint density at radius 3 is 2.11 bits per heavy atom. The fraction of sp³-hybridized carbons (Fsp3) is 0.250. The Labute approximate surface area is 214 Å². The van der Waals surface area contributed by atoms with Crippen LogP contribution in [0.4, 0.5) is 0 Å². The van der Waals surface area contributed by atoms with Crippen molar-refractivity contribution in [3.63, 3.8) is 0 Å². The number of esters is 2. The summed E-state index contributed by atoms with van der Waals surface area (Å²) >= 11 is 0. The van der Waals surface area contributed by atoms with Crippen LogP contribution in [0.25, 0.3) is 0 Å². The monoisotopic (exact) mass is 499 g/mol. The van der Waals surface area contributed by atoms with E-state index >= 15 is 0 Å². The lowest BCUT2D eigenvalue weighted by molar-refractivity contribution is -0.139. The van der Waals surface area contributed by atoms with Gasteiger partial charge in [0.1, 0.15) is 0 Å². The van der Waals surface area contributed by atoms with Gasteiger partial charge in [0, 0.05) is 11.4 Å². The molecule has 0 radical (unpaired) electrons. The summed E-state index contributed by atoms with van der Waals surface area (Å²) in [5.41, 5.74) is 2.25. The summed E-state index contributed by atoms with van der Waals surface area (Å²) in [7, 11) is 0.